The molecule has 152 valence electrons. The smallest absolute Gasteiger partial charge is 0.344 e. The van der Waals surface area contributed by atoms with Crippen molar-refractivity contribution < 1.29 is 19.1 Å². The van der Waals surface area contributed by atoms with Crippen LogP contribution in [0.5, 0.6) is 5.75 Å². The topological polar surface area (TPSA) is 55.8 Å². The third-order valence-electron chi connectivity index (χ3n) is 6.52. The van der Waals surface area contributed by atoms with Gasteiger partial charge in [0.1, 0.15) is 5.75 Å². The fourth-order valence-electron chi connectivity index (χ4n) is 5.80. The number of rotatable bonds is 5. The molecule has 0 radical (unpaired) electrons. The van der Waals surface area contributed by atoms with Crippen LogP contribution in [0.1, 0.15) is 57.6 Å². The number of hydrogen-bond donors (Lipinski definition) is 0. The highest BCUT2D eigenvalue weighted by atomic mass is 16.6. The number of likely N-dealkylation sites (tertiary alicyclic amines) is 1. The zero-order valence-corrected chi connectivity index (χ0v) is 17.3. The van der Waals surface area contributed by atoms with Gasteiger partial charge in [0.05, 0.1) is 0 Å². The van der Waals surface area contributed by atoms with Gasteiger partial charge in [0.2, 0.25) is 0 Å². The molecule has 5 nitrogen and oxygen atoms in total. The highest BCUT2D eigenvalue weighted by Gasteiger charge is 2.50. The van der Waals surface area contributed by atoms with E-state index in [1.807, 2.05) is 17.0 Å². The number of aryl methyl sites for hydroxylation is 2. The molecule has 1 amide bonds. The van der Waals surface area contributed by atoms with Crippen LogP contribution in [0.4, 0.5) is 0 Å². The quantitative estimate of drug-likeness (QED) is 0.728. The summed E-state index contributed by atoms with van der Waals surface area (Å²) < 4.78 is 10.8. The first-order chi connectivity index (χ1) is 13.2. The van der Waals surface area contributed by atoms with Gasteiger partial charge in [0, 0.05) is 12.6 Å². The number of nitrogens with zero attached hydrogens (tertiary/aromatic N) is 1. The summed E-state index contributed by atoms with van der Waals surface area (Å²) in [5.74, 6) is 0.104. The number of ether oxygens (including phenoxy) is 2. The van der Waals surface area contributed by atoms with Crippen molar-refractivity contribution in [1.29, 1.82) is 0 Å². The SMILES string of the molecule is CC1(C)CC2CC(C)(CN2C(=O)COC(=O)COc2ccc3c(c2)CCC3)C1. The summed E-state index contributed by atoms with van der Waals surface area (Å²) in [6.07, 6.45) is 6.57. The molecule has 0 N–H and O–H groups in total. The second-order valence-corrected chi connectivity index (χ2v) is 9.97. The second-order valence-electron chi connectivity index (χ2n) is 9.97. The summed E-state index contributed by atoms with van der Waals surface area (Å²) in [5.41, 5.74) is 3.11. The Morgan fingerprint density at radius 1 is 1.11 bits per heavy atom. The minimum absolute atomic E-state index is 0.0858. The van der Waals surface area contributed by atoms with Crippen LogP contribution in [0, 0.1) is 10.8 Å². The molecule has 4 rings (SSSR count). The van der Waals surface area contributed by atoms with E-state index in [1.165, 1.54) is 17.5 Å². The average molecular weight is 386 g/mol. The predicted octanol–water partition coefficient (Wildman–Crippen LogP) is 3.52. The van der Waals surface area contributed by atoms with Gasteiger partial charge in [-0.2, -0.15) is 0 Å². The van der Waals surface area contributed by atoms with Gasteiger partial charge >= 0.3 is 5.97 Å². The van der Waals surface area contributed by atoms with Crippen LogP contribution in [0.25, 0.3) is 0 Å². The number of amides is 1. The van der Waals surface area contributed by atoms with Crippen LogP contribution < -0.4 is 4.74 Å². The lowest BCUT2D eigenvalue weighted by atomic mass is 9.65. The van der Waals surface area contributed by atoms with Gasteiger partial charge in [-0.3, -0.25) is 4.79 Å². The van der Waals surface area contributed by atoms with Gasteiger partial charge in [0.15, 0.2) is 13.2 Å². The Balaban J connectivity index is 1.25. The van der Waals surface area contributed by atoms with Crippen molar-refractivity contribution in [2.45, 2.75) is 65.3 Å². The molecule has 3 aliphatic rings. The minimum atomic E-state index is -0.498. The molecule has 1 saturated heterocycles. The van der Waals surface area contributed by atoms with E-state index in [4.69, 9.17) is 9.47 Å². The molecule has 0 spiro atoms. The number of esters is 1. The van der Waals surface area contributed by atoms with E-state index in [1.54, 1.807) is 0 Å². The lowest BCUT2D eigenvalue weighted by Gasteiger charge is -2.39. The molecule has 28 heavy (non-hydrogen) atoms. The van der Waals surface area contributed by atoms with Crippen LogP contribution in [0.3, 0.4) is 0 Å². The second kappa shape index (κ2) is 7.09. The van der Waals surface area contributed by atoms with Crippen molar-refractivity contribution in [3.8, 4) is 5.75 Å². The van der Waals surface area contributed by atoms with Gasteiger partial charge in [-0.15, -0.1) is 0 Å². The zero-order chi connectivity index (χ0) is 19.9. The Labute approximate surface area is 167 Å². The lowest BCUT2D eigenvalue weighted by molar-refractivity contribution is -0.154. The summed E-state index contributed by atoms with van der Waals surface area (Å²) in [6.45, 7) is 7.23. The van der Waals surface area contributed by atoms with Crippen molar-refractivity contribution in [1.82, 2.24) is 4.90 Å². The molecule has 5 heteroatoms. The van der Waals surface area contributed by atoms with Gasteiger partial charge in [-0.25, -0.2) is 4.79 Å². The molecule has 2 bridgehead atoms. The molecule has 0 aromatic heterocycles. The molecule has 1 heterocycles. The van der Waals surface area contributed by atoms with E-state index in [0.717, 1.165) is 38.6 Å². The summed E-state index contributed by atoms with van der Waals surface area (Å²) in [6, 6.07) is 6.24. The molecular formula is C23H31NO4. The Hall–Kier alpha value is -2.04. The van der Waals surface area contributed by atoms with Crippen LogP contribution in [0.15, 0.2) is 18.2 Å². The lowest BCUT2D eigenvalue weighted by Crippen LogP contribution is -2.40. The minimum Gasteiger partial charge on any atom is -0.482 e. The summed E-state index contributed by atoms with van der Waals surface area (Å²) in [4.78, 5) is 26.6. The molecule has 1 saturated carbocycles. The molecule has 2 fully saturated rings. The number of hydrogen-bond acceptors (Lipinski definition) is 4. The first-order valence-electron chi connectivity index (χ1n) is 10.4. The Morgan fingerprint density at radius 2 is 1.89 bits per heavy atom. The zero-order valence-electron chi connectivity index (χ0n) is 17.3. The maximum absolute atomic E-state index is 12.7. The fourth-order valence-corrected chi connectivity index (χ4v) is 5.80. The first kappa shape index (κ1) is 19.3. The van der Waals surface area contributed by atoms with E-state index < -0.39 is 5.97 Å². The molecule has 2 aliphatic carbocycles. The molecule has 1 aliphatic heterocycles. The number of benzene rings is 1. The van der Waals surface area contributed by atoms with E-state index in [-0.39, 0.29) is 36.0 Å². The van der Waals surface area contributed by atoms with Crippen LogP contribution in [-0.2, 0) is 27.2 Å². The third-order valence-corrected chi connectivity index (χ3v) is 6.52. The number of fused-ring (bicyclic) bond motifs is 3. The van der Waals surface area contributed by atoms with Gasteiger partial charge in [-0.05, 0) is 72.6 Å². The predicted molar refractivity (Wildman–Crippen MR) is 106 cm³/mol. The van der Waals surface area contributed by atoms with Crippen LogP contribution in [-0.4, -0.2) is 42.6 Å². The molecular weight excluding hydrogens is 354 g/mol. The van der Waals surface area contributed by atoms with Gasteiger partial charge in [0.25, 0.3) is 5.91 Å². The number of carbonyl (C=O) groups is 2. The van der Waals surface area contributed by atoms with Crippen LogP contribution in [0.2, 0.25) is 0 Å². The van der Waals surface area contributed by atoms with E-state index in [0.29, 0.717) is 5.75 Å². The first-order valence-corrected chi connectivity index (χ1v) is 10.4. The maximum Gasteiger partial charge on any atom is 0.344 e. The number of carbonyl (C=O) groups excluding carboxylic acids is 2. The summed E-state index contributed by atoms with van der Waals surface area (Å²) in [5, 5.41) is 0. The summed E-state index contributed by atoms with van der Waals surface area (Å²) >= 11 is 0. The third kappa shape index (κ3) is 4.03. The van der Waals surface area contributed by atoms with E-state index in [2.05, 4.69) is 26.8 Å². The standard InChI is InChI=1S/C23H31NO4/c1-22(2)10-18-11-23(3,14-22)15-24(18)20(25)12-28-21(26)13-27-19-8-7-16-5-4-6-17(16)9-19/h7-9,18H,4-6,10-15H2,1-3H3. The van der Waals surface area contributed by atoms with E-state index >= 15 is 0 Å². The summed E-state index contributed by atoms with van der Waals surface area (Å²) in [7, 11) is 0. The molecule has 1 aromatic carbocycles. The van der Waals surface area contributed by atoms with Gasteiger partial charge < -0.3 is 14.4 Å². The van der Waals surface area contributed by atoms with Crippen molar-refractivity contribution in [2.24, 2.45) is 10.8 Å². The fraction of sp³-hybridized carbons (Fsp3) is 0.652. The Morgan fingerprint density at radius 3 is 2.71 bits per heavy atom. The average Bonchev–Trinajstić information content (AvgIpc) is 3.18. The molecule has 1 aromatic rings. The van der Waals surface area contributed by atoms with Crippen molar-refractivity contribution >= 4 is 11.9 Å². The van der Waals surface area contributed by atoms with Crippen molar-refractivity contribution in [3.63, 3.8) is 0 Å². The highest BCUT2D eigenvalue weighted by Crippen LogP contribution is 2.52. The Kier molecular flexibility index (Phi) is 4.88. The van der Waals surface area contributed by atoms with Crippen molar-refractivity contribution in [2.75, 3.05) is 19.8 Å². The normalized spacial score (nSPS) is 27.4. The molecule has 2 unspecified atom stereocenters. The Bertz CT molecular complexity index is 787. The van der Waals surface area contributed by atoms with Crippen molar-refractivity contribution in [3.05, 3.63) is 29.3 Å². The van der Waals surface area contributed by atoms with E-state index in [9.17, 15) is 9.59 Å². The monoisotopic (exact) mass is 385 g/mol. The maximum atomic E-state index is 12.7. The highest BCUT2D eigenvalue weighted by molar-refractivity contribution is 5.81. The van der Waals surface area contributed by atoms with Crippen LogP contribution >= 0.6 is 0 Å². The largest absolute Gasteiger partial charge is 0.482 e. The van der Waals surface area contributed by atoms with Gasteiger partial charge in [-0.1, -0.05) is 26.8 Å². The molecule has 2 atom stereocenters.